The maximum atomic E-state index is 13.1. The summed E-state index contributed by atoms with van der Waals surface area (Å²) >= 11 is 5.85. The number of nitrogens with zero attached hydrogens (tertiary/aromatic N) is 1. The van der Waals surface area contributed by atoms with E-state index in [1.54, 1.807) is 12.1 Å². The van der Waals surface area contributed by atoms with Crippen LogP contribution in [0.15, 0.2) is 36.4 Å². The van der Waals surface area contributed by atoms with Crippen LogP contribution in [0, 0.1) is 5.82 Å². The van der Waals surface area contributed by atoms with Gasteiger partial charge in [-0.1, -0.05) is 23.7 Å². The first-order valence-corrected chi connectivity index (χ1v) is 6.27. The van der Waals surface area contributed by atoms with Gasteiger partial charge in [0.25, 0.3) is 0 Å². The van der Waals surface area contributed by atoms with Crippen LogP contribution in [0.1, 0.15) is 23.6 Å². The van der Waals surface area contributed by atoms with E-state index in [0.717, 1.165) is 29.8 Å². The number of anilines is 1. The molecule has 0 fully saturated rings. The van der Waals surface area contributed by atoms with Crippen molar-refractivity contribution in [2.75, 3.05) is 5.32 Å². The average molecular weight is 263 g/mol. The number of hydrogen-bond donors (Lipinski definition) is 1. The summed E-state index contributed by atoms with van der Waals surface area (Å²) in [7, 11) is 0. The summed E-state index contributed by atoms with van der Waals surface area (Å²) in [4.78, 5) is 4.21. The Morgan fingerprint density at radius 3 is 3.00 bits per heavy atom. The van der Waals surface area contributed by atoms with Crippen LogP contribution < -0.4 is 5.32 Å². The van der Waals surface area contributed by atoms with Gasteiger partial charge in [0.15, 0.2) is 0 Å². The molecule has 4 heteroatoms. The highest BCUT2D eigenvalue weighted by molar-refractivity contribution is 6.29. The van der Waals surface area contributed by atoms with Crippen LogP contribution in [0.25, 0.3) is 0 Å². The van der Waals surface area contributed by atoms with Gasteiger partial charge in [-0.2, -0.15) is 0 Å². The molecule has 92 valence electrons. The van der Waals surface area contributed by atoms with Crippen LogP contribution in [0.5, 0.6) is 0 Å². The number of aromatic nitrogens is 1. The maximum absolute atomic E-state index is 13.1. The van der Waals surface area contributed by atoms with Crippen molar-refractivity contribution in [3.8, 4) is 0 Å². The quantitative estimate of drug-likeness (QED) is 0.829. The topological polar surface area (TPSA) is 24.9 Å². The molecule has 1 aromatic carbocycles. The Balaban J connectivity index is 1.85. The van der Waals surface area contributed by atoms with Crippen molar-refractivity contribution < 1.29 is 4.39 Å². The number of pyridine rings is 1. The fraction of sp³-hybridized carbons (Fsp3) is 0.214. The van der Waals surface area contributed by atoms with Crippen molar-refractivity contribution in [1.82, 2.24) is 4.98 Å². The molecule has 0 saturated carbocycles. The molecule has 1 N–H and O–H groups in total. The van der Waals surface area contributed by atoms with Gasteiger partial charge in [0.1, 0.15) is 16.8 Å². The first-order chi connectivity index (χ1) is 8.72. The largest absolute Gasteiger partial charge is 0.363 e. The molecule has 2 nitrogen and oxygen atoms in total. The number of fused-ring (bicyclic) bond motifs is 1. The summed E-state index contributed by atoms with van der Waals surface area (Å²) in [6.45, 7) is 0. The molecule has 0 aliphatic heterocycles. The first-order valence-electron chi connectivity index (χ1n) is 5.90. The average Bonchev–Trinajstić information content (AvgIpc) is 2.72. The highest BCUT2D eigenvalue weighted by atomic mass is 35.5. The Morgan fingerprint density at radius 2 is 2.17 bits per heavy atom. The summed E-state index contributed by atoms with van der Waals surface area (Å²) in [6.07, 6.45) is 1.85. The molecule has 1 atom stereocenters. The summed E-state index contributed by atoms with van der Waals surface area (Å²) in [5, 5.41) is 3.81. The molecular formula is C14H12ClFN2. The second kappa shape index (κ2) is 4.58. The zero-order chi connectivity index (χ0) is 12.5. The molecule has 0 spiro atoms. The standard InChI is InChI=1S/C14H12ClFN2/c15-13-2-1-3-14(18-13)17-12-7-4-9-8-10(16)5-6-11(9)12/h1-3,5-6,8,12H,4,7H2,(H,17,18). The molecule has 0 radical (unpaired) electrons. The van der Waals surface area contributed by atoms with E-state index in [-0.39, 0.29) is 11.9 Å². The Morgan fingerprint density at radius 1 is 1.28 bits per heavy atom. The van der Waals surface area contributed by atoms with Crippen molar-refractivity contribution in [3.63, 3.8) is 0 Å². The minimum Gasteiger partial charge on any atom is -0.363 e. The van der Waals surface area contributed by atoms with E-state index in [1.807, 2.05) is 18.2 Å². The van der Waals surface area contributed by atoms with Gasteiger partial charge in [-0.05, 0) is 48.2 Å². The fourth-order valence-electron chi connectivity index (χ4n) is 2.40. The van der Waals surface area contributed by atoms with E-state index in [1.165, 1.54) is 6.07 Å². The SMILES string of the molecule is Fc1ccc2c(c1)CCC2Nc1cccc(Cl)n1. The first kappa shape index (κ1) is 11.5. The van der Waals surface area contributed by atoms with E-state index in [2.05, 4.69) is 10.3 Å². The van der Waals surface area contributed by atoms with Gasteiger partial charge in [0.2, 0.25) is 0 Å². The van der Waals surface area contributed by atoms with Gasteiger partial charge in [-0.3, -0.25) is 0 Å². The lowest BCUT2D eigenvalue weighted by Gasteiger charge is -2.14. The normalized spacial score (nSPS) is 17.6. The van der Waals surface area contributed by atoms with Crippen LogP contribution >= 0.6 is 11.6 Å². The Hall–Kier alpha value is -1.61. The number of rotatable bonds is 2. The second-order valence-electron chi connectivity index (χ2n) is 4.42. The number of halogens is 2. The van der Waals surface area contributed by atoms with Crippen molar-refractivity contribution in [3.05, 3.63) is 58.5 Å². The van der Waals surface area contributed by atoms with Crippen LogP contribution in [-0.2, 0) is 6.42 Å². The molecule has 1 heterocycles. The van der Waals surface area contributed by atoms with Crippen LogP contribution in [0.2, 0.25) is 5.15 Å². The minimum absolute atomic E-state index is 0.171. The molecule has 1 aliphatic carbocycles. The van der Waals surface area contributed by atoms with E-state index >= 15 is 0 Å². The molecule has 3 rings (SSSR count). The van der Waals surface area contributed by atoms with E-state index in [4.69, 9.17) is 11.6 Å². The summed E-state index contributed by atoms with van der Waals surface area (Å²) < 4.78 is 13.1. The van der Waals surface area contributed by atoms with Gasteiger partial charge in [0, 0.05) is 0 Å². The molecule has 18 heavy (non-hydrogen) atoms. The smallest absolute Gasteiger partial charge is 0.131 e. The summed E-state index contributed by atoms with van der Waals surface area (Å²) in [6, 6.07) is 10.6. The molecule has 1 aromatic heterocycles. The van der Waals surface area contributed by atoms with Crippen LogP contribution in [0.3, 0.4) is 0 Å². The number of benzene rings is 1. The lowest BCUT2D eigenvalue weighted by Crippen LogP contribution is -2.08. The lowest BCUT2D eigenvalue weighted by atomic mass is 10.1. The highest BCUT2D eigenvalue weighted by Gasteiger charge is 2.22. The van der Waals surface area contributed by atoms with E-state index < -0.39 is 0 Å². The third-order valence-corrected chi connectivity index (χ3v) is 3.43. The number of nitrogens with one attached hydrogen (secondary N) is 1. The van der Waals surface area contributed by atoms with Crippen molar-refractivity contribution in [1.29, 1.82) is 0 Å². The van der Waals surface area contributed by atoms with E-state index in [9.17, 15) is 4.39 Å². The van der Waals surface area contributed by atoms with Gasteiger partial charge in [-0.25, -0.2) is 9.37 Å². The zero-order valence-electron chi connectivity index (χ0n) is 9.66. The zero-order valence-corrected chi connectivity index (χ0v) is 10.4. The molecule has 0 saturated heterocycles. The van der Waals surface area contributed by atoms with Gasteiger partial charge < -0.3 is 5.32 Å². The van der Waals surface area contributed by atoms with Gasteiger partial charge >= 0.3 is 0 Å². The third kappa shape index (κ3) is 2.18. The maximum Gasteiger partial charge on any atom is 0.131 e. The van der Waals surface area contributed by atoms with Crippen molar-refractivity contribution in [2.45, 2.75) is 18.9 Å². The summed E-state index contributed by atoms with van der Waals surface area (Å²) in [5.74, 6) is 0.583. The molecule has 1 unspecified atom stereocenters. The predicted octanol–water partition coefficient (Wildman–Crippen LogP) is 3.97. The Kier molecular flexibility index (Phi) is 2.92. The van der Waals surface area contributed by atoms with Crippen molar-refractivity contribution in [2.24, 2.45) is 0 Å². The molecule has 2 aromatic rings. The number of aryl methyl sites for hydroxylation is 1. The van der Waals surface area contributed by atoms with E-state index in [0.29, 0.717) is 5.15 Å². The Labute approximate surface area is 110 Å². The Bertz CT molecular complexity index is 586. The van der Waals surface area contributed by atoms with Crippen LogP contribution in [-0.4, -0.2) is 4.98 Å². The van der Waals surface area contributed by atoms with Gasteiger partial charge in [-0.15, -0.1) is 0 Å². The molecule has 0 bridgehead atoms. The predicted molar refractivity (Wildman–Crippen MR) is 70.3 cm³/mol. The molecule has 1 aliphatic rings. The highest BCUT2D eigenvalue weighted by Crippen LogP contribution is 2.33. The number of hydrogen-bond acceptors (Lipinski definition) is 2. The third-order valence-electron chi connectivity index (χ3n) is 3.22. The van der Waals surface area contributed by atoms with Crippen molar-refractivity contribution >= 4 is 17.4 Å². The van der Waals surface area contributed by atoms with Crippen LogP contribution in [0.4, 0.5) is 10.2 Å². The second-order valence-corrected chi connectivity index (χ2v) is 4.81. The minimum atomic E-state index is -0.171. The molecular weight excluding hydrogens is 251 g/mol. The van der Waals surface area contributed by atoms with Gasteiger partial charge in [0.05, 0.1) is 6.04 Å². The lowest BCUT2D eigenvalue weighted by molar-refractivity contribution is 0.626. The summed E-state index contributed by atoms with van der Waals surface area (Å²) in [5.41, 5.74) is 2.23. The fourth-order valence-corrected chi connectivity index (χ4v) is 2.57. The molecule has 0 amide bonds. The monoisotopic (exact) mass is 262 g/mol.